The summed E-state index contributed by atoms with van der Waals surface area (Å²) in [6, 6.07) is 16.7. The number of rotatable bonds is 7. The van der Waals surface area contributed by atoms with E-state index in [0.717, 1.165) is 30.4 Å². The minimum absolute atomic E-state index is 0.0320. The van der Waals surface area contributed by atoms with Crippen molar-refractivity contribution in [3.63, 3.8) is 0 Å². The predicted octanol–water partition coefficient (Wildman–Crippen LogP) is 4.78. The van der Waals surface area contributed by atoms with E-state index in [-0.39, 0.29) is 23.2 Å². The summed E-state index contributed by atoms with van der Waals surface area (Å²) in [6.45, 7) is 0.301. The Morgan fingerprint density at radius 1 is 1.12 bits per heavy atom. The number of imidazole rings is 1. The molecule has 42 heavy (non-hydrogen) atoms. The van der Waals surface area contributed by atoms with Gasteiger partial charge in [0.1, 0.15) is 0 Å². The highest BCUT2D eigenvalue weighted by atomic mass is 32.2. The van der Waals surface area contributed by atoms with Gasteiger partial charge in [0, 0.05) is 43.0 Å². The Morgan fingerprint density at radius 2 is 1.90 bits per heavy atom. The van der Waals surface area contributed by atoms with Crippen molar-refractivity contribution in [2.75, 3.05) is 0 Å². The number of nitrogens with zero attached hydrogens (tertiary/aromatic N) is 6. The Balaban J connectivity index is 1.73. The van der Waals surface area contributed by atoms with Crippen LogP contribution in [0.3, 0.4) is 0 Å². The van der Waals surface area contributed by atoms with Crippen LogP contribution in [0.15, 0.2) is 76.7 Å². The van der Waals surface area contributed by atoms with Crippen molar-refractivity contribution < 1.29 is 13.7 Å². The molecule has 1 unspecified atom stereocenters. The largest absolute Gasteiger partial charge is 0.329 e. The summed E-state index contributed by atoms with van der Waals surface area (Å²) in [7, 11) is 1.57. The molecule has 4 heterocycles. The third-order valence-corrected chi connectivity index (χ3v) is 9.48. The number of halogens is 1. The fourth-order valence-electron chi connectivity index (χ4n) is 5.90. The lowest BCUT2D eigenvalue weighted by molar-refractivity contribution is -0.0118. The van der Waals surface area contributed by atoms with E-state index in [0.29, 0.717) is 44.8 Å². The average molecular weight is 586 g/mol. The van der Waals surface area contributed by atoms with Crippen LogP contribution in [-0.4, -0.2) is 32.1 Å². The van der Waals surface area contributed by atoms with Gasteiger partial charge in [-0.1, -0.05) is 36.4 Å². The molecule has 1 aliphatic rings. The lowest BCUT2D eigenvalue weighted by atomic mass is 9.92. The summed E-state index contributed by atoms with van der Waals surface area (Å²) < 4.78 is 35.0. The standard InChI is InChI=1S/C30H28FN7O3S/c1-35-17-22(29(34-35)41-31)26-24(19-9-6-8-18(14-19)15-32)25-27-23(36(2)30(39)37(27)20-10-7-11-20)16-33-28(25)38(26)42(40)21-12-4-3-5-13-21/h3-6,8-9,12-14,16-17,20H,7,10-11,15,32H2,1-2H3. The zero-order chi connectivity index (χ0) is 29.1. The van der Waals surface area contributed by atoms with Gasteiger partial charge < -0.3 is 5.73 Å². The zero-order valence-corrected chi connectivity index (χ0v) is 23.8. The molecule has 6 aromatic rings. The van der Waals surface area contributed by atoms with Crippen molar-refractivity contribution in [2.45, 2.75) is 36.7 Å². The van der Waals surface area contributed by atoms with Gasteiger partial charge in [-0.25, -0.2) is 18.0 Å². The van der Waals surface area contributed by atoms with Gasteiger partial charge in [0.2, 0.25) is 0 Å². The first-order valence-corrected chi connectivity index (χ1v) is 14.8. The van der Waals surface area contributed by atoms with Gasteiger partial charge in [0.25, 0.3) is 5.88 Å². The first-order chi connectivity index (χ1) is 20.4. The van der Waals surface area contributed by atoms with Crippen LogP contribution in [0.1, 0.15) is 30.9 Å². The third kappa shape index (κ3) is 3.86. The van der Waals surface area contributed by atoms with Crippen molar-refractivity contribution in [3.05, 3.63) is 83.0 Å². The molecular formula is C30H28FN7O3S. The molecule has 1 atom stereocenters. The lowest BCUT2D eigenvalue weighted by Gasteiger charge is -2.26. The maximum absolute atomic E-state index is 14.5. The molecule has 0 amide bonds. The van der Waals surface area contributed by atoms with Gasteiger partial charge in [-0.05, 0) is 48.6 Å². The topological polar surface area (TPSA) is 115 Å². The van der Waals surface area contributed by atoms with Crippen LogP contribution in [0.2, 0.25) is 0 Å². The van der Waals surface area contributed by atoms with Crippen molar-refractivity contribution in [2.24, 2.45) is 19.8 Å². The number of pyridine rings is 1. The fraction of sp³-hybridized carbons (Fsp3) is 0.233. The first-order valence-electron chi connectivity index (χ1n) is 13.7. The van der Waals surface area contributed by atoms with E-state index in [1.165, 1.54) is 4.68 Å². The predicted molar refractivity (Wildman–Crippen MR) is 159 cm³/mol. The van der Waals surface area contributed by atoms with Gasteiger partial charge in [-0.3, -0.25) is 18.8 Å². The summed E-state index contributed by atoms with van der Waals surface area (Å²) in [5.74, 6) is -0.275. The number of nitrogens with two attached hydrogens (primary N) is 1. The summed E-state index contributed by atoms with van der Waals surface area (Å²) in [5.41, 5.74) is 10.6. The van der Waals surface area contributed by atoms with Crippen LogP contribution in [0.5, 0.6) is 5.88 Å². The first kappa shape index (κ1) is 26.4. The highest BCUT2D eigenvalue weighted by Crippen LogP contribution is 2.47. The number of hydrogen-bond donors (Lipinski definition) is 1. The molecule has 12 heteroatoms. The number of aryl methyl sites for hydroxylation is 2. The lowest BCUT2D eigenvalue weighted by Crippen LogP contribution is -2.29. The second-order valence-corrected chi connectivity index (χ2v) is 11.9. The summed E-state index contributed by atoms with van der Waals surface area (Å²) >= 11 is 0. The molecule has 0 aliphatic heterocycles. The quantitative estimate of drug-likeness (QED) is 0.289. The zero-order valence-electron chi connectivity index (χ0n) is 23.0. The highest BCUT2D eigenvalue weighted by molar-refractivity contribution is 7.83. The van der Waals surface area contributed by atoms with Gasteiger partial charge in [0.15, 0.2) is 16.6 Å². The SMILES string of the molecule is Cn1cc(-c2c(-c3cccc(CN)c3)c3c(ncc4c3n(C3CCC3)c(=O)n4C)n2S(=O)c2ccccc2)c(OF)n1. The molecular weight excluding hydrogens is 557 g/mol. The Bertz CT molecular complexity index is 2070. The van der Waals surface area contributed by atoms with Crippen molar-refractivity contribution in [1.29, 1.82) is 0 Å². The number of hydrogen-bond acceptors (Lipinski definition) is 6. The average Bonchev–Trinajstić information content (AvgIpc) is 3.62. The molecule has 2 N–H and O–H groups in total. The molecule has 10 nitrogen and oxygen atoms in total. The Morgan fingerprint density at radius 3 is 2.60 bits per heavy atom. The summed E-state index contributed by atoms with van der Waals surface area (Å²) in [5, 5.41) is 4.81. The Hall–Kier alpha value is -4.55. The van der Waals surface area contributed by atoms with Crippen molar-refractivity contribution >= 4 is 33.1 Å². The maximum Gasteiger partial charge on any atom is 0.329 e. The Kier molecular flexibility index (Phi) is 6.32. The number of fused-ring (bicyclic) bond motifs is 3. The summed E-state index contributed by atoms with van der Waals surface area (Å²) in [6.07, 6.45) is 6.07. The molecule has 0 radical (unpaired) electrons. The highest BCUT2D eigenvalue weighted by Gasteiger charge is 2.33. The molecule has 0 bridgehead atoms. The van der Waals surface area contributed by atoms with Crippen molar-refractivity contribution in [3.8, 4) is 28.3 Å². The van der Waals surface area contributed by atoms with Crippen LogP contribution in [-0.2, 0) is 31.6 Å². The molecule has 1 saturated carbocycles. The molecule has 4 aromatic heterocycles. The van der Waals surface area contributed by atoms with Crippen LogP contribution >= 0.6 is 0 Å². The van der Waals surface area contributed by atoms with E-state index in [4.69, 9.17) is 10.7 Å². The minimum Gasteiger partial charge on any atom is -0.326 e. The molecule has 0 spiro atoms. The Labute approximate surface area is 242 Å². The van der Waals surface area contributed by atoms with E-state index >= 15 is 0 Å². The molecule has 214 valence electrons. The van der Waals surface area contributed by atoms with Crippen molar-refractivity contribution in [1.82, 2.24) is 27.9 Å². The maximum atomic E-state index is 14.5. The summed E-state index contributed by atoms with van der Waals surface area (Å²) in [4.78, 5) is 23.3. The fourth-order valence-corrected chi connectivity index (χ4v) is 7.15. The van der Waals surface area contributed by atoms with Gasteiger partial charge in [-0.15, -0.1) is 5.10 Å². The minimum atomic E-state index is -1.82. The monoisotopic (exact) mass is 585 g/mol. The molecule has 2 aromatic carbocycles. The van der Waals surface area contributed by atoms with Crippen LogP contribution < -0.4 is 16.4 Å². The van der Waals surface area contributed by atoms with Crippen LogP contribution in [0.25, 0.3) is 44.5 Å². The third-order valence-electron chi connectivity index (χ3n) is 8.11. The second kappa shape index (κ2) is 10.1. The molecule has 1 aliphatic carbocycles. The van der Waals surface area contributed by atoms with Crippen LogP contribution in [0.4, 0.5) is 4.53 Å². The molecule has 7 rings (SSSR count). The van der Waals surface area contributed by atoms with E-state index in [9.17, 15) is 13.5 Å². The van der Waals surface area contributed by atoms with E-state index < -0.39 is 11.0 Å². The van der Waals surface area contributed by atoms with E-state index in [1.54, 1.807) is 47.2 Å². The van der Waals surface area contributed by atoms with Gasteiger partial charge >= 0.3 is 5.69 Å². The van der Waals surface area contributed by atoms with E-state index in [2.05, 4.69) is 10.0 Å². The number of aromatic nitrogens is 6. The number of benzene rings is 2. The van der Waals surface area contributed by atoms with E-state index in [1.807, 2.05) is 47.0 Å². The smallest absolute Gasteiger partial charge is 0.326 e. The molecule has 1 fully saturated rings. The normalized spacial score (nSPS) is 14.5. The van der Waals surface area contributed by atoms with Gasteiger partial charge in [-0.2, -0.15) is 0 Å². The second-order valence-electron chi connectivity index (χ2n) is 10.6. The molecule has 0 saturated heterocycles. The van der Waals surface area contributed by atoms with Crippen LogP contribution in [0, 0.1) is 0 Å². The van der Waals surface area contributed by atoms with Gasteiger partial charge in [0.05, 0.1) is 38.8 Å².